The summed E-state index contributed by atoms with van der Waals surface area (Å²) in [7, 11) is -1.28. The molecule has 0 aliphatic heterocycles. The third-order valence-electron chi connectivity index (χ3n) is 3.70. The van der Waals surface area contributed by atoms with Crippen molar-refractivity contribution in [3.05, 3.63) is 29.8 Å². The Bertz CT molecular complexity index is 599. The molecule has 0 fully saturated rings. The molecule has 1 aromatic rings. The minimum absolute atomic E-state index is 0.0681. The molecule has 0 bridgehead atoms. The summed E-state index contributed by atoms with van der Waals surface area (Å²) in [5.41, 5.74) is 1.93. The van der Waals surface area contributed by atoms with Crippen LogP contribution >= 0.6 is 0 Å². The Morgan fingerprint density at radius 2 is 2.00 bits per heavy atom. The second-order valence-electron chi connectivity index (χ2n) is 5.57. The fourth-order valence-electron chi connectivity index (χ4n) is 2.06. The maximum absolute atomic E-state index is 12.1. The van der Waals surface area contributed by atoms with Crippen molar-refractivity contribution < 1.29 is 13.2 Å². The fraction of sp³-hybridized carbons (Fsp3) is 0.562. The van der Waals surface area contributed by atoms with Gasteiger partial charge < -0.3 is 5.32 Å². The minimum atomic E-state index is -3.04. The van der Waals surface area contributed by atoms with Gasteiger partial charge >= 0.3 is 0 Å². The van der Waals surface area contributed by atoms with Gasteiger partial charge in [0.15, 0.2) is 9.84 Å². The quantitative estimate of drug-likeness (QED) is 0.793. The first-order valence-electron chi connectivity index (χ1n) is 7.56. The van der Waals surface area contributed by atoms with Crippen LogP contribution in [0, 0.1) is 0 Å². The van der Waals surface area contributed by atoms with Gasteiger partial charge in [-0.2, -0.15) is 0 Å². The van der Waals surface area contributed by atoms with Crippen molar-refractivity contribution in [2.75, 3.05) is 30.4 Å². The van der Waals surface area contributed by atoms with Crippen molar-refractivity contribution in [3.63, 3.8) is 0 Å². The Morgan fingerprint density at radius 3 is 2.59 bits per heavy atom. The molecule has 0 saturated heterocycles. The number of nitrogens with zero attached hydrogens (tertiary/aromatic N) is 1. The lowest BCUT2D eigenvalue weighted by Crippen LogP contribution is -2.40. The first-order valence-corrected chi connectivity index (χ1v) is 9.39. The molecular formula is C16H26N2O3S. The van der Waals surface area contributed by atoms with Gasteiger partial charge in [-0.3, -0.25) is 9.69 Å². The van der Waals surface area contributed by atoms with Gasteiger partial charge in [0.25, 0.3) is 0 Å². The van der Waals surface area contributed by atoms with E-state index in [1.165, 1.54) is 0 Å². The Kier molecular flexibility index (Phi) is 7.03. The molecule has 1 aromatic carbocycles. The molecule has 0 aliphatic carbocycles. The van der Waals surface area contributed by atoms with Crippen LogP contribution in [0.3, 0.4) is 0 Å². The number of carbonyl (C=O) groups is 1. The molecule has 0 spiro atoms. The van der Waals surface area contributed by atoms with Crippen molar-refractivity contribution in [3.8, 4) is 0 Å². The smallest absolute Gasteiger partial charge is 0.238 e. The lowest BCUT2D eigenvalue weighted by atomic mass is 10.1. The molecule has 5 nitrogen and oxygen atoms in total. The van der Waals surface area contributed by atoms with Crippen molar-refractivity contribution in [1.82, 2.24) is 4.90 Å². The number of amides is 1. The van der Waals surface area contributed by atoms with E-state index >= 15 is 0 Å². The SMILES string of the molecule is CCc1cccc(NC(=O)CN(C)[C@@H](C)CS(=O)(=O)CC)c1. The van der Waals surface area contributed by atoms with E-state index in [2.05, 4.69) is 12.2 Å². The van der Waals surface area contributed by atoms with Gasteiger partial charge in [-0.1, -0.05) is 26.0 Å². The third kappa shape index (κ3) is 6.15. The van der Waals surface area contributed by atoms with Gasteiger partial charge in [0.05, 0.1) is 12.3 Å². The maximum Gasteiger partial charge on any atom is 0.238 e. The number of hydrogen-bond acceptors (Lipinski definition) is 4. The van der Waals surface area contributed by atoms with Crippen LogP contribution in [0.15, 0.2) is 24.3 Å². The summed E-state index contributed by atoms with van der Waals surface area (Å²) < 4.78 is 23.3. The number of likely N-dealkylation sites (N-methyl/N-ethyl adjacent to an activating group) is 1. The summed E-state index contributed by atoms with van der Waals surface area (Å²) in [6, 6.07) is 7.52. The van der Waals surface area contributed by atoms with Gasteiger partial charge in [0.1, 0.15) is 0 Å². The van der Waals surface area contributed by atoms with Crippen molar-refractivity contribution in [1.29, 1.82) is 0 Å². The average Bonchev–Trinajstić information content (AvgIpc) is 2.46. The predicted octanol–water partition coefficient (Wildman–Crippen LogP) is 1.94. The Labute approximate surface area is 133 Å². The normalized spacial score (nSPS) is 13.1. The van der Waals surface area contributed by atoms with E-state index in [9.17, 15) is 13.2 Å². The number of aryl methyl sites for hydroxylation is 1. The zero-order valence-corrected chi connectivity index (χ0v) is 14.6. The highest BCUT2D eigenvalue weighted by Crippen LogP contribution is 2.11. The molecule has 22 heavy (non-hydrogen) atoms. The number of hydrogen-bond donors (Lipinski definition) is 1. The summed E-state index contributed by atoms with van der Waals surface area (Å²) in [5, 5.41) is 2.85. The number of anilines is 1. The van der Waals surface area contributed by atoms with Crippen LogP contribution in [-0.4, -0.2) is 50.4 Å². The molecule has 0 saturated carbocycles. The molecule has 1 rings (SSSR count). The lowest BCUT2D eigenvalue weighted by Gasteiger charge is -2.23. The van der Waals surface area contributed by atoms with Gasteiger partial charge in [-0.25, -0.2) is 8.42 Å². The number of sulfone groups is 1. The molecule has 0 aromatic heterocycles. The van der Waals surface area contributed by atoms with Gasteiger partial charge in [0.2, 0.25) is 5.91 Å². The number of benzene rings is 1. The van der Waals surface area contributed by atoms with E-state index < -0.39 is 9.84 Å². The molecule has 6 heteroatoms. The molecular weight excluding hydrogens is 300 g/mol. The first-order chi connectivity index (χ1) is 10.3. The standard InChI is InChI=1S/C16H26N2O3S/c1-5-14-8-7-9-15(10-14)17-16(19)11-18(4)13(3)12-22(20,21)6-2/h7-10,13H,5-6,11-12H2,1-4H3,(H,17,19)/t13-/m0/s1. The summed E-state index contributed by atoms with van der Waals surface area (Å²) in [4.78, 5) is 13.8. The van der Waals surface area contributed by atoms with Crippen molar-refractivity contribution in [2.24, 2.45) is 0 Å². The topological polar surface area (TPSA) is 66.5 Å². The van der Waals surface area contributed by atoms with Crippen LogP contribution in [0.2, 0.25) is 0 Å². The second-order valence-corrected chi connectivity index (χ2v) is 7.96. The monoisotopic (exact) mass is 326 g/mol. The zero-order chi connectivity index (χ0) is 16.8. The zero-order valence-electron chi connectivity index (χ0n) is 13.8. The lowest BCUT2D eigenvalue weighted by molar-refractivity contribution is -0.117. The molecule has 1 N–H and O–H groups in total. The summed E-state index contributed by atoms with van der Waals surface area (Å²) in [6.45, 7) is 5.68. The number of carbonyl (C=O) groups excluding carboxylic acids is 1. The molecule has 0 heterocycles. The van der Waals surface area contributed by atoms with Crippen LogP contribution in [0.1, 0.15) is 26.3 Å². The highest BCUT2D eigenvalue weighted by atomic mass is 32.2. The van der Waals surface area contributed by atoms with Gasteiger partial charge in [-0.05, 0) is 38.1 Å². The van der Waals surface area contributed by atoms with Crippen LogP contribution < -0.4 is 5.32 Å². The Hall–Kier alpha value is -1.40. The van der Waals surface area contributed by atoms with E-state index in [0.29, 0.717) is 0 Å². The summed E-state index contributed by atoms with van der Waals surface area (Å²) in [5.74, 6) is 0.0521. The molecule has 1 atom stereocenters. The van der Waals surface area contributed by atoms with E-state index in [-0.39, 0.29) is 30.0 Å². The average molecular weight is 326 g/mol. The number of nitrogens with one attached hydrogen (secondary N) is 1. The molecule has 0 radical (unpaired) electrons. The summed E-state index contributed by atoms with van der Waals surface area (Å²) >= 11 is 0. The maximum atomic E-state index is 12.1. The second kappa shape index (κ2) is 8.29. The van der Waals surface area contributed by atoms with E-state index in [1.54, 1.807) is 18.9 Å². The fourth-order valence-corrected chi connectivity index (χ4v) is 3.29. The van der Waals surface area contributed by atoms with Gasteiger partial charge in [-0.15, -0.1) is 0 Å². The van der Waals surface area contributed by atoms with Crippen molar-refractivity contribution in [2.45, 2.75) is 33.2 Å². The Morgan fingerprint density at radius 1 is 1.32 bits per heavy atom. The third-order valence-corrected chi connectivity index (χ3v) is 5.57. The van der Waals surface area contributed by atoms with Gasteiger partial charge in [0, 0.05) is 17.5 Å². The highest BCUT2D eigenvalue weighted by molar-refractivity contribution is 7.91. The van der Waals surface area contributed by atoms with E-state index in [1.807, 2.05) is 31.2 Å². The largest absolute Gasteiger partial charge is 0.325 e. The van der Waals surface area contributed by atoms with Crippen LogP contribution in [0.4, 0.5) is 5.69 Å². The van der Waals surface area contributed by atoms with Crippen LogP contribution in [-0.2, 0) is 21.1 Å². The number of rotatable bonds is 8. The molecule has 1 amide bonds. The van der Waals surface area contributed by atoms with E-state index in [4.69, 9.17) is 0 Å². The molecule has 124 valence electrons. The molecule has 0 unspecified atom stereocenters. The van der Waals surface area contributed by atoms with E-state index in [0.717, 1.165) is 17.7 Å². The summed E-state index contributed by atoms with van der Waals surface area (Å²) in [6.07, 6.45) is 0.912. The highest BCUT2D eigenvalue weighted by Gasteiger charge is 2.19. The minimum Gasteiger partial charge on any atom is -0.325 e. The van der Waals surface area contributed by atoms with Crippen LogP contribution in [0.5, 0.6) is 0 Å². The predicted molar refractivity (Wildman–Crippen MR) is 90.9 cm³/mol. The molecule has 0 aliphatic rings. The first kappa shape index (κ1) is 18.6. The Balaban J connectivity index is 2.56. The van der Waals surface area contributed by atoms with Crippen molar-refractivity contribution >= 4 is 21.4 Å². The van der Waals surface area contributed by atoms with Crippen LogP contribution in [0.25, 0.3) is 0 Å².